The number of hydrogen-bond acceptors (Lipinski definition) is 6. The molecule has 2 amide bonds. The summed E-state index contributed by atoms with van der Waals surface area (Å²) >= 11 is 0. The molecule has 2 aliphatic heterocycles. The van der Waals surface area contributed by atoms with Gasteiger partial charge >= 0.3 is 16.4 Å². The minimum Gasteiger partial charge on any atom is -0.385 e. The molecule has 0 radical (unpaired) electrons. The number of nitrogens with zero attached hydrogens (tertiary/aromatic N) is 3. The Morgan fingerprint density at radius 1 is 1.41 bits per heavy atom. The number of urea groups is 1. The lowest BCUT2D eigenvalue weighted by molar-refractivity contribution is -0.0316. The van der Waals surface area contributed by atoms with E-state index in [9.17, 15) is 21.6 Å². The van der Waals surface area contributed by atoms with Crippen LogP contribution < -0.4 is 5.73 Å². The molecule has 0 saturated carbocycles. The molecule has 2 rings (SSSR count). The number of amidine groups is 1. The Bertz CT molecular complexity index is 701. The third kappa shape index (κ3) is 3.48. The first kappa shape index (κ1) is 16.9. The Hall–Kier alpha value is -1.44. The first-order valence-corrected chi connectivity index (χ1v) is 9.36. The van der Waals surface area contributed by atoms with Crippen LogP contribution in [0.15, 0.2) is 4.40 Å². The highest BCUT2D eigenvalue weighted by atomic mass is 32.3. The normalized spacial score (nSPS) is 26.6. The lowest BCUT2D eigenvalue weighted by atomic mass is 10.0. The van der Waals surface area contributed by atoms with Gasteiger partial charge in [-0.05, 0) is 19.8 Å². The average Bonchev–Trinajstić information content (AvgIpc) is 2.62. The second-order valence-corrected chi connectivity index (χ2v) is 7.82. The predicted octanol–water partition coefficient (Wildman–Crippen LogP) is -1.30. The minimum atomic E-state index is -4.83. The van der Waals surface area contributed by atoms with Crippen molar-refractivity contribution in [3.63, 3.8) is 0 Å². The molecule has 0 aromatic rings. The summed E-state index contributed by atoms with van der Waals surface area (Å²) in [7, 11) is -8.53. The van der Waals surface area contributed by atoms with Crippen molar-refractivity contribution in [1.82, 2.24) is 9.96 Å². The van der Waals surface area contributed by atoms with Crippen molar-refractivity contribution in [2.75, 3.05) is 12.3 Å². The van der Waals surface area contributed by atoms with E-state index in [2.05, 4.69) is 8.68 Å². The highest BCUT2D eigenvalue weighted by molar-refractivity contribution is 7.90. The second kappa shape index (κ2) is 5.64. The van der Waals surface area contributed by atoms with Gasteiger partial charge in [-0.3, -0.25) is 4.55 Å². The molecule has 2 fully saturated rings. The summed E-state index contributed by atoms with van der Waals surface area (Å²) in [6.07, 6.45) is 0.626. The summed E-state index contributed by atoms with van der Waals surface area (Å²) in [6, 6.07) is -2.15. The number of nitrogens with two attached hydrogens (primary N) is 1. The van der Waals surface area contributed by atoms with Gasteiger partial charge in [-0.1, -0.05) is 0 Å². The zero-order chi connectivity index (χ0) is 16.7. The van der Waals surface area contributed by atoms with Gasteiger partial charge < -0.3 is 10.6 Å². The topological polar surface area (TPSA) is 160 Å². The van der Waals surface area contributed by atoms with Gasteiger partial charge in [0.05, 0.1) is 17.8 Å². The zero-order valence-electron chi connectivity index (χ0n) is 11.6. The van der Waals surface area contributed by atoms with E-state index in [1.54, 1.807) is 0 Å². The van der Waals surface area contributed by atoms with E-state index >= 15 is 0 Å². The Labute approximate surface area is 127 Å². The van der Waals surface area contributed by atoms with Crippen LogP contribution in [0.2, 0.25) is 0 Å². The van der Waals surface area contributed by atoms with Gasteiger partial charge in [0.25, 0.3) is 10.0 Å². The number of piperidine rings is 1. The molecular weight excluding hydrogens is 340 g/mol. The van der Waals surface area contributed by atoms with Crippen LogP contribution in [0.5, 0.6) is 0 Å². The van der Waals surface area contributed by atoms with E-state index in [0.29, 0.717) is 17.9 Å². The van der Waals surface area contributed by atoms with Crippen molar-refractivity contribution in [1.29, 1.82) is 0 Å². The number of amides is 2. The summed E-state index contributed by atoms with van der Waals surface area (Å²) < 4.78 is 60.8. The molecule has 2 bridgehead atoms. The fraction of sp³-hybridized carbons (Fsp3) is 0.778. The molecule has 2 saturated heterocycles. The number of rotatable bonds is 5. The maximum atomic E-state index is 12.1. The monoisotopic (exact) mass is 356 g/mol. The molecule has 0 aromatic heterocycles. The van der Waals surface area contributed by atoms with Gasteiger partial charge in [0, 0.05) is 6.54 Å². The third-order valence-corrected chi connectivity index (χ3v) is 5.02. The molecule has 11 nitrogen and oxygen atoms in total. The Morgan fingerprint density at radius 3 is 2.59 bits per heavy atom. The smallest absolute Gasteiger partial charge is 0.385 e. The van der Waals surface area contributed by atoms with Gasteiger partial charge in [-0.25, -0.2) is 13.2 Å². The standard InChI is InChI=1S/C9H16N4O7S2/c1-2-21(15,16)11-8(10)7-4-3-6-5-12(7)9(14)13(6)20-22(17,18)19/h6-7H,2-5H2,1H3,(H2,10,11)(H,17,18,19)/t6-,7+/m1/s1. The number of carbonyl (C=O) groups excluding carboxylic acids is 1. The van der Waals surface area contributed by atoms with E-state index < -0.39 is 38.5 Å². The molecule has 0 spiro atoms. The molecule has 0 aliphatic carbocycles. The van der Waals surface area contributed by atoms with Crippen LogP contribution in [0, 0.1) is 0 Å². The highest BCUT2D eigenvalue weighted by Crippen LogP contribution is 2.30. The summed E-state index contributed by atoms with van der Waals surface area (Å²) in [5, 5.41) is 0.553. The Morgan fingerprint density at radius 2 is 2.05 bits per heavy atom. The van der Waals surface area contributed by atoms with Gasteiger partial charge in [0.2, 0.25) is 0 Å². The van der Waals surface area contributed by atoms with Gasteiger partial charge in [-0.15, -0.1) is 8.68 Å². The van der Waals surface area contributed by atoms with Crippen molar-refractivity contribution in [3.8, 4) is 0 Å². The predicted molar refractivity (Wildman–Crippen MR) is 74.5 cm³/mol. The van der Waals surface area contributed by atoms with Crippen molar-refractivity contribution < 1.29 is 30.5 Å². The molecule has 2 atom stereocenters. The fourth-order valence-corrected chi connectivity index (χ4v) is 3.39. The number of hydroxylamine groups is 2. The molecule has 13 heteroatoms. The molecule has 2 heterocycles. The lowest BCUT2D eigenvalue weighted by Crippen LogP contribution is -2.48. The van der Waals surface area contributed by atoms with Gasteiger partial charge in [0.1, 0.15) is 5.84 Å². The van der Waals surface area contributed by atoms with Crippen LogP contribution in [0.4, 0.5) is 4.79 Å². The molecule has 0 aromatic carbocycles. The molecular formula is C9H16N4O7S2. The van der Waals surface area contributed by atoms with Crippen molar-refractivity contribution in [2.24, 2.45) is 10.1 Å². The first-order valence-electron chi connectivity index (χ1n) is 6.39. The molecule has 3 N–H and O–H groups in total. The maximum Gasteiger partial charge on any atom is 0.418 e. The quantitative estimate of drug-likeness (QED) is 0.349. The second-order valence-electron chi connectivity index (χ2n) is 4.90. The molecule has 22 heavy (non-hydrogen) atoms. The van der Waals surface area contributed by atoms with Crippen molar-refractivity contribution >= 4 is 32.3 Å². The van der Waals surface area contributed by atoms with E-state index in [1.807, 2.05) is 0 Å². The van der Waals surface area contributed by atoms with Crippen molar-refractivity contribution in [3.05, 3.63) is 0 Å². The van der Waals surface area contributed by atoms with E-state index in [4.69, 9.17) is 10.3 Å². The van der Waals surface area contributed by atoms with Crippen LogP contribution in [-0.4, -0.2) is 67.6 Å². The summed E-state index contributed by atoms with van der Waals surface area (Å²) in [6.45, 7) is 1.51. The van der Waals surface area contributed by atoms with Crippen LogP contribution >= 0.6 is 0 Å². The van der Waals surface area contributed by atoms with Gasteiger partial charge in [-0.2, -0.15) is 13.5 Å². The summed E-state index contributed by atoms with van der Waals surface area (Å²) in [5.74, 6) is -0.461. The van der Waals surface area contributed by atoms with E-state index in [1.165, 1.54) is 11.8 Å². The van der Waals surface area contributed by atoms with E-state index in [-0.39, 0.29) is 18.1 Å². The largest absolute Gasteiger partial charge is 0.418 e. The fourth-order valence-electron chi connectivity index (χ4n) is 2.43. The van der Waals surface area contributed by atoms with E-state index in [0.717, 1.165) is 0 Å². The number of carbonyl (C=O) groups is 1. The lowest BCUT2D eigenvalue weighted by Gasteiger charge is -2.29. The highest BCUT2D eigenvalue weighted by Gasteiger charge is 2.48. The Balaban J connectivity index is 2.23. The molecule has 0 unspecified atom stereocenters. The van der Waals surface area contributed by atoms with Crippen LogP contribution in [-0.2, 0) is 24.7 Å². The minimum absolute atomic E-state index is 0.0986. The summed E-state index contributed by atoms with van der Waals surface area (Å²) in [5.41, 5.74) is 5.68. The average molecular weight is 356 g/mol. The summed E-state index contributed by atoms with van der Waals surface area (Å²) in [4.78, 5) is 13.3. The van der Waals surface area contributed by atoms with Gasteiger partial charge in [0.15, 0.2) is 0 Å². The first-order chi connectivity index (χ1) is 10.0. The number of fused-ring (bicyclic) bond motifs is 2. The van der Waals surface area contributed by atoms with Crippen LogP contribution in [0.1, 0.15) is 19.8 Å². The third-order valence-electron chi connectivity index (χ3n) is 3.45. The van der Waals surface area contributed by atoms with Crippen molar-refractivity contribution in [2.45, 2.75) is 31.8 Å². The molecule has 2 aliphatic rings. The zero-order valence-corrected chi connectivity index (χ0v) is 13.2. The number of hydrogen-bond donors (Lipinski definition) is 2. The number of sulfonamides is 1. The maximum absolute atomic E-state index is 12.1. The Kier molecular flexibility index (Phi) is 4.34. The SMILES string of the molecule is CCS(=O)(=O)N=C(N)[C@@H]1CC[C@@H]2CN1C(=O)N2OS(=O)(=O)O. The molecule has 126 valence electrons. The van der Waals surface area contributed by atoms with Crippen LogP contribution in [0.25, 0.3) is 0 Å². The van der Waals surface area contributed by atoms with Crippen LogP contribution in [0.3, 0.4) is 0 Å².